The number of halogens is 1. The normalized spacial score (nSPS) is 23.5. The molecule has 0 spiro atoms. The molecule has 3 atom stereocenters. The van der Waals surface area contributed by atoms with Gasteiger partial charge in [-0.05, 0) is 57.3 Å². The van der Waals surface area contributed by atoms with Crippen LogP contribution in [0.5, 0.6) is 0 Å². The molecule has 180 valence electrons. The lowest BCUT2D eigenvalue weighted by Crippen LogP contribution is -2.44. The van der Waals surface area contributed by atoms with Crippen LogP contribution in [0, 0.1) is 17.7 Å². The van der Waals surface area contributed by atoms with Crippen molar-refractivity contribution in [1.82, 2.24) is 15.4 Å². The summed E-state index contributed by atoms with van der Waals surface area (Å²) in [4.78, 5) is 26.4. The molecule has 1 aromatic carbocycles. The van der Waals surface area contributed by atoms with Crippen molar-refractivity contribution < 1.29 is 23.6 Å². The van der Waals surface area contributed by atoms with Crippen LogP contribution in [0.15, 0.2) is 22.7 Å². The first-order chi connectivity index (χ1) is 15.9. The van der Waals surface area contributed by atoms with Gasteiger partial charge in [0.2, 0.25) is 11.8 Å². The fourth-order valence-corrected chi connectivity index (χ4v) is 5.22. The third kappa shape index (κ3) is 5.70. The van der Waals surface area contributed by atoms with Crippen LogP contribution in [0.2, 0.25) is 0 Å². The predicted molar refractivity (Wildman–Crippen MR) is 121 cm³/mol. The highest BCUT2D eigenvalue weighted by Gasteiger charge is 2.34. The summed E-state index contributed by atoms with van der Waals surface area (Å²) in [5, 5.41) is 18.2. The zero-order valence-electron chi connectivity index (χ0n) is 18.8. The summed E-state index contributed by atoms with van der Waals surface area (Å²) < 4.78 is 18.7. The Morgan fingerprint density at radius 2 is 1.94 bits per heavy atom. The van der Waals surface area contributed by atoms with Gasteiger partial charge >= 0.3 is 0 Å². The Morgan fingerprint density at radius 3 is 2.67 bits per heavy atom. The van der Waals surface area contributed by atoms with Crippen LogP contribution < -0.4 is 11.1 Å². The van der Waals surface area contributed by atoms with Crippen molar-refractivity contribution in [2.24, 2.45) is 17.6 Å². The Hall–Kier alpha value is -2.52. The van der Waals surface area contributed by atoms with Gasteiger partial charge in [0.1, 0.15) is 5.82 Å². The molecule has 2 aromatic rings. The van der Waals surface area contributed by atoms with Crippen molar-refractivity contribution in [2.75, 3.05) is 26.2 Å². The van der Waals surface area contributed by atoms with Crippen LogP contribution in [-0.2, 0) is 9.59 Å². The van der Waals surface area contributed by atoms with Crippen molar-refractivity contribution in [3.05, 3.63) is 29.7 Å². The molecular formula is C24H33FN4O4. The first-order valence-electron chi connectivity index (χ1n) is 11.9. The van der Waals surface area contributed by atoms with Gasteiger partial charge in [-0.3, -0.25) is 9.59 Å². The molecule has 3 unspecified atom stereocenters. The molecular weight excluding hydrogens is 427 g/mol. The van der Waals surface area contributed by atoms with E-state index >= 15 is 0 Å². The minimum absolute atomic E-state index is 0.179. The van der Waals surface area contributed by atoms with E-state index in [9.17, 15) is 19.1 Å². The van der Waals surface area contributed by atoms with Crippen molar-refractivity contribution in [3.63, 3.8) is 0 Å². The number of nitrogens with zero attached hydrogens (tertiary/aromatic N) is 2. The molecule has 2 amide bonds. The van der Waals surface area contributed by atoms with Gasteiger partial charge in [0, 0.05) is 42.3 Å². The molecule has 33 heavy (non-hydrogen) atoms. The first kappa shape index (κ1) is 23.6. The standard InChI is InChI=1S/C24H33FN4O4/c25-16-5-6-20-21(13-16)33-28-22(20)15-7-10-29(11-8-15)12-9-17(30)14-27-24(32)19-4-2-1-3-18(19)23(26)31/h5-6,13,15,17-19,30H,1-4,7-12,14H2,(H2,26,31)(H,27,32). The van der Waals surface area contributed by atoms with Gasteiger partial charge in [0.05, 0.1) is 11.8 Å². The van der Waals surface area contributed by atoms with Crippen LogP contribution in [0.1, 0.15) is 56.6 Å². The Morgan fingerprint density at radius 1 is 1.21 bits per heavy atom. The van der Waals surface area contributed by atoms with Crippen molar-refractivity contribution >= 4 is 22.8 Å². The fourth-order valence-electron chi connectivity index (χ4n) is 5.22. The van der Waals surface area contributed by atoms with E-state index in [0.29, 0.717) is 24.8 Å². The number of nitrogens with one attached hydrogen (secondary N) is 1. The number of hydrogen-bond acceptors (Lipinski definition) is 6. The summed E-state index contributed by atoms with van der Waals surface area (Å²) >= 11 is 0. The van der Waals surface area contributed by atoms with E-state index < -0.39 is 17.9 Å². The first-order valence-corrected chi connectivity index (χ1v) is 11.9. The lowest BCUT2D eigenvalue weighted by atomic mass is 9.78. The minimum atomic E-state index is -0.642. The molecule has 2 heterocycles. The van der Waals surface area contributed by atoms with E-state index in [1.807, 2.05) is 0 Å². The smallest absolute Gasteiger partial charge is 0.224 e. The highest BCUT2D eigenvalue weighted by atomic mass is 19.1. The van der Waals surface area contributed by atoms with E-state index in [-0.39, 0.29) is 30.1 Å². The van der Waals surface area contributed by atoms with Crippen molar-refractivity contribution in [2.45, 2.75) is 57.0 Å². The van der Waals surface area contributed by atoms with Crippen LogP contribution in [0.25, 0.3) is 11.0 Å². The lowest BCUT2D eigenvalue weighted by Gasteiger charge is -2.32. The Bertz CT molecular complexity index is 973. The average molecular weight is 461 g/mol. The molecule has 2 fully saturated rings. The van der Waals surface area contributed by atoms with E-state index in [1.54, 1.807) is 6.07 Å². The highest BCUT2D eigenvalue weighted by Crippen LogP contribution is 2.33. The number of primary amides is 1. The molecule has 1 aliphatic heterocycles. The number of aliphatic hydroxyl groups excluding tert-OH is 1. The Labute approximate surface area is 192 Å². The summed E-state index contributed by atoms with van der Waals surface area (Å²) in [6.45, 7) is 2.67. The minimum Gasteiger partial charge on any atom is -0.391 e. The molecule has 4 rings (SSSR count). The maximum atomic E-state index is 13.4. The molecule has 0 radical (unpaired) electrons. The highest BCUT2D eigenvalue weighted by molar-refractivity contribution is 5.87. The molecule has 1 saturated heterocycles. The van der Waals surface area contributed by atoms with Crippen LogP contribution in [-0.4, -0.2) is 59.3 Å². The van der Waals surface area contributed by atoms with Crippen molar-refractivity contribution in [1.29, 1.82) is 0 Å². The second-order valence-corrected chi connectivity index (χ2v) is 9.41. The molecule has 1 aromatic heterocycles. The number of nitrogens with two attached hydrogens (primary N) is 1. The Balaban J connectivity index is 1.19. The monoisotopic (exact) mass is 460 g/mol. The number of piperidine rings is 1. The maximum Gasteiger partial charge on any atom is 0.224 e. The third-order valence-electron chi connectivity index (χ3n) is 7.19. The number of hydrogen-bond donors (Lipinski definition) is 3. The topological polar surface area (TPSA) is 122 Å². The molecule has 1 aliphatic carbocycles. The molecule has 9 heteroatoms. The number of carbonyl (C=O) groups excluding carboxylic acids is 2. The second kappa shape index (κ2) is 10.6. The SMILES string of the molecule is NC(=O)C1CCCCC1C(=O)NCC(O)CCN1CCC(c2noc3cc(F)ccc23)CC1. The zero-order valence-corrected chi connectivity index (χ0v) is 18.8. The number of fused-ring (bicyclic) bond motifs is 1. The van der Waals surface area contributed by atoms with Gasteiger partial charge in [-0.2, -0.15) is 0 Å². The van der Waals surface area contributed by atoms with Crippen molar-refractivity contribution in [3.8, 4) is 0 Å². The predicted octanol–water partition coefficient (Wildman–Crippen LogP) is 2.31. The molecule has 0 bridgehead atoms. The number of aliphatic hydroxyl groups is 1. The number of carbonyl (C=O) groups is 2. The number of aromatic nitrogens is 1. The van der Waals surface area contributed by atoms with Gasteiger partial charge in [0.15, 0.2) is 5.58 Å². The largest absolute Gasteiger partial charge is 0.391 e. The summed E-state index contributed by atoms with van der Waals surface area (Å²) in [5.41, 5.74) is 6.83. The van der Waals surface area contributed by atoms with Gasteiger partial charge in [-0.1, -0.05) is 18.0 Å². The lowest BCUT2D eigenvalue weighted by molar-refractivity contribution is -0.135. The summed E-state index contributed by atoms with van der Waals surface area (Å²) in [7, 11) is 0. The van der Waals surface area contributed by atoms with Gasteiger partial charge < -0.3 is 25.6 Å². The van der Waals surface area contributed by atoms with E-state index in [0.717, 1.165) is 56.4 Å². The third-order valence-corrected chi connectivity index (χ3v) is 7.19. The Kier molecular flexibility index (Phi) is 7.60. The van der Waals surface area contributed by atoms with Crippen LogP contribution in [0.3, 0.4) is 0 Å². The van der Waals surface area contributed by atoms with Crippen LogP contribution in [0.4, 0.5) is 4.39 Å². The number of rotatable bonds is 8. The number of benzene rings is 1. The molecule has 8 nitrogen and oxygen atoms in total. The fraction of sp³-hybridized carbons (Fsp3) is 0.625. The number of likely N-dealkylation sites (tertiary alicyclic amines) is 1. The van der Waals surface area contributed by atoms with Gasteiger partial charge in [-0.25, -0.2) is 4.39 Å². The van der Waals surface area contributed by atoms with Crippen LogP contribution >= 0.6 is 0 Å². The summed E-state index contributed by atoms with van der Waals surface area (Å²) in [6, 6.07) is 4.52. The quantitative estimate of drug-likeness (QED) is 0.556. The molecule has 4 N–H and O–H groups in total. The van der Waals surface area contributed by atoms with E-state index in [2.05, 4.69) is 15.4 Å². The summed E-state index contributed by atoms with van der Waals surface area (Å²) in [5.74, 6) is -1.45. The number of amides is 2. The summed E-state index contributed by atoms with van der Waals surface area (Å²) in [6.07, 6.45) is 4.92. The molecule has 1 saturated carbocycles. The van der Waals surface area contributed by atoms with Gasteiger partial charge in [-0.15, -0.1) is 0 Å². The van der Waals surface area contributed by atoms with E-state index in [4.69, 9.17) is 10.3 Å². The molecule has 2 aliphatic rings. The average Bonchev–Trinajstić information content (AvgIpc) is 3.24. The maximum absolute atomic E-state index is 13.4. The van der Waals surface area contributed by atoms with Gasteiger partial charge in [0.25, 0.3) is 0 Å². The zero-order chi connectivity index (χ0) is 23.4. The van der Waals surface area contributed by atoms with E-state index in [1.165, 1.54) is 12.1 Å². The second-order valence-electron chi connectivity index (χ2n) is 9.41.